The van der Waals surface area contributed by atoms with E-state index in [0.29, 0.717) is 5.82 Å². The van der Waals surface area contributed by atoms with Crippen LogP contribution >= 0.6 is 15.9 Å². The zero-order chi connectivity index (χ0) is 6.69. The van der Waals surface area contributed by atoms with Crippen molar-refractivity contribution in [3.63, 3.8) is 0 Å². The van der Waals surface area contributed by atoms with Crippen LogP contribution in [-0.2, 0) is 5.33 Å². The molecule has 1 aromatic heterocycles. The summed E-state index contributed by atoms with van der Waals surface area (Å²) in [6, 6.07) is 3.76. The molecule has 0 spiro atoms. The predicted molar refractivity (Wildman–Crippen MR) is 41.3 cm³/mol. The van der Waals surface area contributed by atoms with Crippen LogP contribution in [0.15, 0.2) is 18.3 Å². The molecule has 2 N–H and O–H groups in total. The Hall–Kier alpha value is -0.570. The normalized spacial score (nSPS) is 9.44. The highest BCUT2D eigenvalue weighted by molar-refractivity contribution is 9.08. The molecule has 0 aliphatic heterocycles. The maximum atomic E-state index is 5.40. The molecular weight excluding hydrogens is 180 g/mol. The molecule has 0 radical (unpaired) electrons. The number of hydrogen-bond donors (Lipinski definition) is 1. The van der Waals surface area contributed by atoms with Gasteiger partial charge in [0.1, 0.15) is 5.82 Å². The van der Waals surface area contributed by atoms with E-state index in [1.54, 1.807) is 6.20 Å². The van der Waals surface area contributed by atoms with Crippen LogP contribution in [0.2, 0.25) is 0 Å². The summed E-state index contributed by atoms with van der Waals surface area (Å²) in [5.74, 6) is 0.576. The van der Waals surface area contributed by atoms with Gasteiger partial charge in [-0.2, -0.15) is 0 Å². The number of halogens is 1. The first-order valence-corrected chi connectivity index (χ1v) is 3.71. The van der Waals surface area contributed by atoms with E-state index in [0.717, 1.165) is 10.9 Å². The van der Waals surface area contributed by atoms with Crippen LogP contribution in [0, 0.1) is 0 Å². The third-order valence-electron chi connectivity index (χ3n) is 1.000. The zero-order valence-electron chi connectivity index (χ0n) is 4.84. The Balaban J connectivity index is 2.94. The molecule has 0 bridgehead atoms. The molecule has 1 aromatic rings. The Kier molecular flexibility index (Phi) is 2.05. The number of alkyl halides is 1. The molecule has 48 valence electrons. The molecule has 3 heteroatoms. The highest BCUT2D eigenvalue weighted by Gasteiger charge is 1.88. The van der Waals surface area contributed by atoms with Gasteiger partial charge < -0.3 is 5.73 Å². The SMILES string of the molecule is Nc1cc(CBr)ccn1. The monoisotopic (exact) mass is 186 g/mol. The van der Waals surface area contributed by atoms with Gasteiger partial charge in [0, 0.05) is 11.5 Å². The summed E-state index contributed by atoms with van der Waals surface area (Å²) >= 11 is 3.31. The van der Waals surface area contributed by atoms with E-state index in [2.05, 4.69) is 20.9 Å². The molecule has 0 amide bonds. The van der Waals surface area contributed by atoms with Gasteiger partial charge in [-0.3, -0.25) is 0 Å². The van der Waals surface area contributed by atoms with Gasteiger partial charge in [-0.05, 0) is 17.7 Å². The zero-order valence-corrected chi connectivity index (χ0v) is 6.43. The molecule has 0 atom stereocenters. The fourth-order valence-corrected chi connectivity index (χ4v) is 0.926. The lowest BCUT2D eigenvalue weighted by atomic mass is 10.3. The number of aromatic nitrogens is 1. The Labute approximate surface area is 62.2 Å². The molecule has 0 unspecified atom stereocenters. The van der Waals surface area contributed by atoms with Crippen LogP contribution < -0.4 is 5.73 Å². The third-order valence-corrected chi connectivity index (χ3v) is 1.65. The van der Waals surface area contributed by atoms with Gasteiger partial charge in [0.2, 0.25) is 0 Å². The molecule has 0 saturated heterocycles. The van der Waals surface area contributed by atoms with Gasteiger partial charge in [-0.25, -0.2) is 4.98 Å². The smallest absolute Gasteiger partial charge is 0.123 e. The fourth-order valence-electron chi connectivity index (χ4n) is 0.578. The summed E-state index contributed by atoms with van der Waals surface area (Å²) in [7, 11) is 0. The van der Waals surface area contributed by atoms with E-state index in [9.17, 15) is 0 Å². The molecular formula is C6H7BrN2. The lowest BCUT2D eigenvalue weighted by Crippen LogP contribution is -1.89. The number of nitrogens with zero attached hydrogens (tertiary/aromatic N) is 1. The molecule has 0 aromatic carbocycles. The minimum Gasteiger partial charge on any atom is -0.384 e. The molecule has 0 aliphatic carbocycles. The second-order valence-electron chi connectivity index (χ2n) is 1.72. The summed E-state index contributed by atoms with van der Waals surface area (Å²) < 4.78 is 0. The predicted octanol–water partition coefficient (Wildman–Crippen LogP) is 1.56. The topological polar surface area (TPSA) is 38.9 Å². The van der Waals surface area contributed by atoms with Crippen molar-refractivity contribution >= 4 is 21.7 Å². The van der Waals surface area contributed by atoms with E-state index < -0.39 is 0 Å². The first kappa shape index (κ1) is 6.55. The summed E-state index contributed by atoms with van der Waals surface area (Å²) in [4.78, 5) is 3.84. The number of nitrogen functional groups attached to an aromatic ring is 1. The van der Waals surface area contributed by atoms with Crippen LogP contribution in [0.3, 0.4) is 0 Å². The number of anilines is 1. The summed E-state index contributed by atoms with van der Waals surface area (Å²) in [6.07, 6.45) is 1.70. The van der Waals surface area contributed by atoms with Crippen molar-refractivity contribution in [2.24, 2.45) is 0 Å². The second kappa shape index (κ2) is 2.82. The van der Waals surface area contributed by atoms with Gasteiger partial charge in [0.25, 0.3) is 0 Å². The lowest BCUT2D eigenvalue weighted by Gasteiger charge is -1.93. The summed E-state index contributed by atoms with van der Waals surface area (Å²) in [5, 5.41) is 0.833. The van der Waals surface area contributed by atoms with Crippen LogP contribution in [0.5, 0.6) is 0 Å². The first-order valence-electron chi connectivity index (χ1n) is 2.59. The quantitative estimate of drug-likeness (QED) is 0.677. The van der Waals surface area contributed by atoms with Crippen molar-refractivity contribution in [2.45, 2.75) is 5.33 Å². The van der Waals surface area contributed by atoms with Gasteiger partial charge in [-0.15, -0.1) is 0 Å². The molecule has 1 heterocycles. The van der Waals surface area contributed by atoms with Gasteiger partial charge in [-0.1, -0.05) is 15.9 Å². The molecule has 0 aliphatic rings. The molecule has 0 saturated carbocycles. The third kappa shape index (κ3) is 1.68. The lowest BCUT2D eigenvalue weighted by molar-refractivity contribution is 1.29. The number of hydrogen-bond acceptors (Lipinski definition) is 2. The first-order chi connectivity index (χ1) is 4.33. The molecule has 9 heavy (non-hydrogen) atoms. The average molecular weight is 187 g/mol. The number of pyridine rings is 1. The van der Waals surface area contributed by atoms with Crippen molar-refractivity contribution in [1.29, 1.82) is 0 Å². The summed E-state index contributed by atoms with van der Waals surface area (Å²) in [6.45, 7) is 0. The fraction of sp³-hybridized carbons (Fsp3) is 0.167. The van der Waals surface area contributed by atoms with Crippen LogP contribution in [-0.4, -0.2) is 4.98 Å². The number of nitrogens with two attached hydrogens (primary N) is 1. The van der Waals surface area contributed by atoms with Crippen molar-refractivity contribution in [3.05, 3.63) is 23.9 Å². The minimum absolute atomic E-state index is 0.576. The highest BCUT2D eigenvalue weighted by atomic mass is 79.9. The average Bonchev–Trinajstić information content (AvgIpc) is 1.88. The Bertz CT molecular complexity index is 200. The largest absolute Gasteiger partial charge is 0.384 e. The minimum atomic E-state index is 0.576. The van der Waals surface area contributed by atoms with E-state index in [4.69, 9.17) is 5.73 Å². The highest BCUT2D eigenvalue weighted by Crippen LogP contribution is 2.06. The van der Waals surface area contributed by atoms with Crippen LogP contribution in [0.1, 0.15) is 5.56 Å². The van der Waals surface area contributed by atoms with E-state index in [1.165, 1.54) is 0 Å². The van der Waals surface area contributed by atoms with Crippen molar-refractivity contribution in [1.82, 2.24) is 4.98 Å². The second-order valence-corrected chi connectivity index (χ2v) is 2.28. The van der Waals surface area contributed by atoms with Crippen molar-refractivity contribution < 1.29 is 0 Å². The van der Waals surface area contributed by atoms with Crippen LogP contribution in [0.4, 0.5) is 5.82 Å². The molecule has 2 nitrogen and oxygen atoms in total. The van der Waals surface area contributed by atoms with Crippen LogP contribution in [0.25, 0.3) is 0 Å². The van der Waals surface area contributed by atoms with Crippen molar-refractivity contribution in [2.75, 3.05) is 5.73 Å². The Morgan fingerprint density at radius 1 is 1.67 bits per heavy atom. The Morgan fingerprint density at radius 2 is 2.44 bits per heavy atom. The standard InChI is InChI=1S/C6H7BrN2/c7-4-5-1-2-9-6(8)3-5/h1-3H,4H2,(H2,8,9). The van der Waals surface area contributed by atoms with E-state index in [1.807, 2.05) is 12.1 Å². The van der Waals surface area contributed by atoms with Gasteiger partial charge in [0.05, 0.1) is 0 Å². The van der Waals surface area contributed by atoms with Gasteiger partial charge in [0.15, 0.2) is 0 Å². The summed E-state index contributed by atoms with van der Waals surface area (Å²) in [5.41, 5.74) is 6.56. The number of rotatable bonds is 1. The Morgan fingerprint density at radius 3 is 2.89 bits per heavy atom. The molecule has 1 rings (SSSR count). The van der Waals surface area contributed by atoms with Crippen molar-refractivity contribution in [3.8, 4) is 0 Å². The molecule has 0 fully saturated rings. The maximum absolute atomic E-state index is 5.40. The van der Waals surface area contributed by atoms with E-state index in [-0.39, 0.29) is 0 Å². The maximum Gasteiger partial charge on any atom is 0.123 e. The van der Waals surface area contributed by atoms with E-state index >= 15 is 0 Å². The van der Waals surface area contributed by atoms with Gasteiger partial charge >= 0.3 is 0 Å².